The lowest BCUT2D eigenvalue weighted by molar-refractivity contribution is 0.00578. The maximum Gasteiger partial charge on any atom is 0.494 e. The average molecular weight is 1230 g/mol. The van der Waals surface area contributed by atoms with Crippen molar-refractivity contribution in [2.45, 2.75) is 76.7 Å². The lowest BCUT2D eigenvalue weighted by Gasteiger charge is -2.32. The van der Waals surface area contributed by atoms with Gasteiger partial charge in [-0.05, 0) is 101 Å². The standard InChI is InChI=1S/C28H26ClN5O4.C18H25BN2O3.C16H13Cl2N3O3/c1-34(2)28(35)18-11-23(36-3)26(32-14-18)24-12-22-27(38-24)25(20(29)15-31-22)16-4-5-21(17(10-16)13-30)33-19-6-8-37-9-7-19;1-17(2)18(3,4)24-19(23-17)14-5-6-16(13(11-14)12-20)21-15-7-9-22-10-8-15;1-21(2)16(22)8-4-11(23-3)14(20-6-8)12-5-10-15(24-12)13(18)9(17)7-19-10/h4-5,10-12,14-15,19,33H,6-9H2,1-3H3;5-6,11,15,21H,7-10H2,1-4H3;4-7H,1-3H3. The van der Waals surface area contributed by atoms with E-state index in [1.54, 1.807) is 64.7 Å². The number of aromatic nitrogens is 4. The number of furan rings is 2. The van der Waals surface area contributed by atoms with Crippen LogP contribution in [0.25, 0.3) is 56.2 Å². The second-order valence-corrected chi connectivity index (χ2v) is 23.1. The van der Waals surface area contributed by atoms with Crippen molar-refractivity contribution in [3.05, 3.63) is 123 Å². The monoisotopic (exact) mass is 1220 g/mol. The normalized spacial score (nSPS) is 15.5. The first-order valence-electron chi connectivity index (χ1n) is 27.6. The number of amides is 2. The molecule has 0 aliphatic carbocycles. The second-order valence-electron chi connectivity index (χ2n) is 21.9. The van der Waals surface area contributed by atoms with Gasteiger partial charge in [0.2, 0.25) is 0 Å². The van der Waals surface area contributed by atoms with E-state index in [0.717, 1.165) is 61.3 Å². The van der Waals surface area contributed by atoms with E-state index >= 15 is 0 Å². The Bertz CT molecular complexity index is 3890. The van der Waals surface area contributed by atoms with Gasteiger partial charge < -0.3 is 57.5 Å². The minimum atomic E-state index is -0.445. The Morgan fingerprint density at radius 1 is 0.616 bits per heavy atom. The fourth-order valence-electron chi connectivity index (χ4n) is 9.65. The quantitative estimate of drug-likeness (QED) is 0.108. The van der Waals surface area contributed by atoms with Gasteiger partial charge in [0.05, 0.1) is 69.1 Å². The smallest absolute Gasteiger partial charge is 0.494 e. The molecular weight excluding hydrogens is 1160 g/mol. The summed E-state index contributed by atoms with van der Waals surface area (Å²) in [4.78, 5) is 44.7. The summed E-state index contributed by atoms with van der Waals surface area (Å²) in [6.45, 7) is 11.1. The molecule has 8 aromatic rings. The van der Waals surface area contributed by atoms with Gasteiger partial charge in [-0.2, -0.15) is 10.5 Å². The fraction of sp³-hybridized carbons (Fsp3) is 0.355. The molecule has 3 aliphatic rings. The van der Waals surface area contributed by atoms with E-state index in [0.29, 0.717) is 114 Å². The molecule has 0 radical (unpaired) electrons. The number of fused-ring (bicyclic) bond motifs is 2. The Balaban J connectivity index is 0.000000161. The van der Waals surface area contributed by atoms with Crippen LogP contribution < -0.4 is 25.6 Å². The van der Waals surface area contributed by atoms with Crippen LogP contribution in [0.3, 0.4) is 0 Å². The highest BCUT2D eigenvalue weighted by Crippen LogP contribution is 2.42. The Kier molecular flexibility index (Phi) is 19.4. The van der Waals surface area contributed by atoms with Crippen molar-refractivity contribution in [3.8, 4) is 57.7 Å². The van der Waals surface area contributed by atoms with E-state index in [1.807, 2.05) is 58.0 Å². The number of benzene rings is 2. The molecule has 11 rings (SSSR count). The van der Waals surface area contributed by atoms with Crippen molar-refractivity contribution in [3.63, 3.8) is 0 Å². The van der Waals surface area contributed by atoms with E-state index < -0.39 is 7.12 Å². The van der Waals surface area contributed by atoms with Crippen LogP contribution in [0, 0.1) is 22.7 Å². The molecule has 24 heteroatoms. The van der Waals surface area contributed by atoms with Crippen molar-refractivity contribution in [2.24, 2.45) is 0 Å². The van der Waals surface area contributed by atoms with Crippen LogP contribution in [-0.2, 0) is 18.8 Å². The molecule has 3 fully saturated rings. The number of nitrogens with one attached hydrogen (secondary N) is 2. The number of carbonyl (C=O) groups excluding carboxylic acids is 2. The predicted molar refractivity (Wildman–Crippen MR) is 331 cm³/mol. The lowest BCUT2D eigenvalue weighted by atomic mass is 9.78. The maximum atomic E-state index is 12.4. The van der Waals surface area contributed by atoms with Gasteiger partial charge in [-0.1, -0.05) is 46.9 Å². The third-order valence-corrected chi connectivity index (χ3v) is 16.2. The Morgan fingerprint density at radius 2 is 1.07 bits per heavy atom. The largest absolute Gasteiger partial charge is 0.494 e. The number of anilines is 2. The van der Waals surface area contributed by atoms with E-state index in [-0.39, 0.29) is 34.1 Å². The molecule has 6 aromatic heterocycles. The minimum Gasteiger partial charge on any atom is -0.494 e. The molecule has 20 nitrogen and oxygen atoms in total. The first-order valence-corrected chi connectivity index (χ1v) is 28.7. The fourth-order valence-corrected chi connectivity index (χ4v) is 10.2. The zero-order chi connectivity index (χ0) is 61.6. The van der Waals surface area contributed by atoms with Crippen LogP contribution in [0.15, 0.2) is 94.3 Å². The molecule has 0 spiro atoms. The van der Waals surface area contributed by atoms with Gasteiger partial charge in [-0.3, -0.25) is 19.6 Å². The van der Waals surface area contributed by atoms with Gasteiger partial charge in [0.1, 0.15) is 51.1 Å². The number of pyridine rings is 4. The summed E-state index contributed by atoms with van der Waals surface area (Å²) in [5, 5.41) is 27.3. The van der Waals surface area contributed by atoms with Crippen LogP contribution >= 0.6 is 34.8 Å². The van der Waals surface area contributed by atoms with Gasteiger partial charge >= 0.3 is 7.12 Å². The molecule has 3 saturated heterocycles. The van der Waals surface area contributed by atoms with Gasteiger partial charge in [0.25, 0.3) is 11.8 Å². The topological polar surface area (TPSA) is 245 Å². The van der Waals surface area contributed by atoms with Gasteiger partial charge in [0, 0.05) is 109 Å². The van der Waals surface area contributed by atoms with Crippen LogP contribution in [0.4, 0.5) is 11.4 Å². The summed E-state index contributed by atoms with van der Waals surface area (Å²) < 4.78 is 45.8. The highest BCUT2D eigenvalue weighted by atomic mass is 35.5. The number of methoxy groups -OCH3 is 2. The number of nitrogens with zero attached hydrogens (tertiary/aromatic N) is 8. The zero-order valence-electron chi connectivity index (χ0n) is 49.3. The molecule has 2 aromatic carbocycles. The van der Waals surface area contributed by atoms with Crippen LogP contribution in [0.2, 0.25) is 15.1 Å². The first-order chi connectivity index (χ1) is 41.1. The molecule has 3 aliphatic heterocycles. The van der Waals surface area contributed by atoms with Gasteiger partial charge in [-0.15, -0.1) is 0 Å². The predicted octanol–water partition coefficient (Wildman–Crippen LogP) is 11.7. The summed E-state index contributed by atoms with van der Waals surface area (Å²) in [5.74, 6) is 1.26. The molecule has 9 heterocycles. The summed E-state index contributed by atoms with van der Waals surface area (Å²) in [6.07, 6.45) is 9.67. The van der Waals surface area contributed by atoms with E-state index in [9.17, 15) is 20.1 Å². The first kappa shape index (κ1) is 62.5. The van der Waals surface area contributed by atoms with E-state index in [4.69, 9.17) is 71.9 Å². The van der Waals surface area contributed by atoms with Gasteiger partial charge in [0.15, 0.2) is 22.7 Å². The number of ether oxygens (including phenoxy) is 4. The molecule has 2 N–H and O–H groups in total. The summed E-state index contributed by atoms with van der Waals surface area (Å²) >= 11 is 18.7. The number of nitriles is 2. The number of hydrogen-bond acceptors (Lipinski definition) is 18. The van der Waals surface area contributed by atoms with Crippen molar-refractivity contribution in [1.82, 2.24) is 29.7 Å². The third-order valence-electron chi connectivity index (χ3n) is 15.1. The van der Waals surface area contributed by atoms with Crippen molar-refractivity contribution >= 4 is 92.8 Å². The zero-order valence-corrected chi connectivity index (χ0v) is 51.5. The third kappa shape index (κ3) is 13.7. The van der Waals surface area contributed by atoms with Crippen molar-refractivity contribution < 1.29 is 46.7 Å². The summed E-state index contributed by atoms with van der Waals surface area (Å²) in [5.41, 5.74) is 7.84. The number of rotatable bonds is 12. The highest BCUT2D eigenvalue weighted by Gasteiger charge is 2.52. The van der Waals surface area contributed by atoms with E-state index in [2.05, 4.69) is 42.7 Å². The summed E-state index contributed by atoms with van der Waals surface area (Å²) in [7, 11) is 9.23. The SMILES string of the molecule is CC1(C)OB(c2ccc(NC3CCOCC3)c(C#N)c2)OC1(C)C.COc1cc(C(=O)N(C)C)cnc1-c1cc2ncc(Cl)c(-c3ccc(NC4CCOCC4)c(C#N)c3)c2o1.COc1cc(C(=O)N(C)C)cnc1-c1cc2ncc(Cl)c(Cl)c2o1. The highest BCUT2D eigenvalue weighted by molar-refractivity contribution is 6.62. The van der Waals surface area contributed by atoms with E-state index in [1.165, 1.54) is 42.6 Å². The molecule has 0 atom stereocenters. The molecule has 0 unspecified atom stereocenters. The molecule has 0 saturated carbocycles. The second kappa shape index (κ2) is 26.7. The van der Waals surface area contributed by atoms with Crippen molar-refractivity contribution in [1.29, 1.82) is 10.5 Å². The Hall–Kier alpha value is -7.99. The van der Waals surface area contributed by atoms with Gasteiger partial charge in [-0.25, -0.2) is 9.97 Å². The molecule has 2 amide bonds. The molecule has 0 bridgehead atoms. The number of hydrogen-bond donors (Lipinski definition) is 2. The average Bonchev–Trinajstić information content (AvgIpc) is 1.85. The maximum absolute atomic E-state index is 12.4. The Labute approximate surface area is 513 Å². The van der Waals surface area contributed by atoms with Crippen LogP contribution in [-0.4, -0.2) is 141 Å². The van der Waals surface area contributed by atoms with Crippen LogP contribution in [0.1, 0.15) is 85.2 Å². The molecular formula is C62H64BCl3N10O10. The molecule has 446 valence electrons. The molecule has 86 heavy (non-hydrogen) atoms. The summed E-state index contributed by atoms with van der Waals surface area (Å²) in [6, 6.07) is 23.3. The number of halogens is 3. The minimum absolute atomic E-state index is 0.173. The van der Waals surface area contributed by atoms with Crippen molar-refractivity contribution in [2.75, 3.05) is 79.5 Å². The lowest BCUT2D eigenvalue weighted by Crippen LogP contribution is -2.41. The number of carbonyl (C=O) groups is 2. The Morgan fingerprint density at radius 3 is 1.55 bits per heavy atom. The van der Waals surface area contributed by atoms with Crippen LogP contribution in [0.5, 0.6) is 11.5 Å².